The average Bonchev–Trinajstić information content (AvgIpc) is 3.09. The summed E-state index contributed by atoms with van der Waals surface area (Å²) < 4.78 is 2.22. The Morgan fingerprint density at radius 3 is 2.25 bits per heavy atom. The maximum Gasteiger partial charge on any atom is 0.147 e. The van der Waals surface area contributed by atoms with Crippen molar-refractivity contribution in [1.29, 1.82) is 0 Å². The first-order valence-corrected chi connectivity index (χ1v) is 8.78. The minimum Gasteiger partial charge on any atom is -0.355 e. The Balaban J connectivity index is 1.80. The van der Waals surface area contributed by atoms with Gasteiger partial charge in [-0.25, -0.2) is 4.98 Å². The standard InChI is InChI=1S/C21H23N3/c1-17-10-12-19(13-11-17)24-16-20(23-14-6-3-7-15-23)22-21(24)18-8-4-2-5-9-18/h2,4-5,8-13,16H,3,6-7,14-15H2,1H3. The maximum atomic E-state index is 4.99. The Kier molecular flexibility index (Phi) is 4.08. The molecule has 4 rings (SSSR count). The fraction of sp³-hybridized carbons (Fsp3) is 0.286. The highest BCUT2D eigenvalue weighted by molar-refractivity contribution is 5.62. The van der Waals surface area contributed by atoms with E-state index < -0.39 is 0 Å². The van der Waals surface area contributed by atoms with Gasteiger partial charge in [0.05, 0.1) is 6.20 Å². The molecule has 1 fully saturated rings. The number of anilines is 1. The number of imidazole rings is 1. The van der Waals surface area contributed by atoms with E-state index in [0.717, 1.165) is 36.0 Å². The van der Waals surface area contributed by atoms with E-state index in [1.165, 1.54) is 24.8 Å². The van der Waals surface area contributed by atoms with Crippen molar-refractivity contribution < 1.29 is 0 Å². The summed E-state index contributed by atoms with van der Waals surface area (Å²) in [4.78, 5) is 7.41. The molecular weight excluding hydrogens is 294 g/mol. The highest BCUT2D eigenvalue weighted by Gasteiger charge is 2.18. The molecule has 0 saturated carbocycles. The molecule has 0 radical (unpaired) electrons. The fourth-order valence-corrected chi connectivity index (χ4v) is 3.34. The molecule has 3 nitrogen and oxygen atoms in total. The van der Waals surface area contributed by atoms with E-state index in [4.69, 9.17) is 4.98 Å². The number of rotatable bonds is 3. The molecule has 2 heterocycles. The number of aromatic nitrogens is 2. The first-order chi connectivity index (χ1) is 11.8. The number of nitrogens with zero attached hydrogens (tertiary/aromatic N) is 3. The van der Waals surface area contributed by atoms with E-state index in [2.05, 4.69) is 71.1 Å². The Bertz CT molecular complexity index is 797. The highest BCUT2D eigenvalue weighted by Crippen LogP contribution is 2.28. The summed E-state index contributed by atoms with van der Waals surface area (Å²) in [6.45, 7) is 4.34. The van der Waals surface area contributed by atoms with Crippen molar-refractivity contribution in [2.75, 3.05) is 18.0 Å². The zero-order valence-electron chi connectivity index (χ0n) is 14.2. The van der Waals surface area contributed by atoms with Gasteiger partial charge in [-0.3, -0.25) is 4.57 Å². The molecule has 0 aliphatic carbocycles. The van der Waals surface area contributed by atoms with E-state index in [9.17, 15) is 0 Å². The van der Waals surface area contributed by atoms with Crippen LogP contribution in [0.25, 0.3) is 17.1 Å². The number of aryl methyl sites for hydroxylation is 1. The van der Waals surface area contributed by atoms with Gasteiger partial charge in [0.25, 0.3) is 0 Å². The van der Waals surface area contributed by atoms with Gasteiger partial charge in [-0.1, -0.05) is 48.0 Å². The van der Waals surface area contributed by atoms with Crippen LogP contribution < -0.4 is 4.90 Å². The molecule has 2 aromatic carbocycles. The monoisotopic (exact) mass is 317 g/mol. The normalized spacial score (nSPS) is 14.8. The fourth-order valence-electron chi connectivity index (χ4n) is 3.34. The lowest BCUT2D eigenvalue weighted by Crippen LogP contribution is -2.29. The Labute approximate surface area is 143 Å². The molecule has 0 spiro atoms. The van der Waals surface area contributed by atoms with Crippen LogP contribution in [-0.2, 0) is 0 Å². The minimum absolute atomic E-state index is 1.01. The van der Waals surface area contributed by atoms with Gasteiger partial charge in [0.1, 0.15) is 11.6 Å². The molecule has 1 aliphatic heterocycles. The average molecular weight is 317 g/mol. The van der Waals surface area contributed by atoms with Crippen molar-refractivity contribution in [3.8, 4) is 17.1 Å². The highest BCUT2D eigenvalue weighted by atomic mass is 15.2. The van der Waals surface area contributed by atoms with E-state index >= 15 is 0 Å². The van der Waals surface area contributed by atoms with Crippen LogP contribution in [0.15, 0.2) is 60.8 Å². The van der Waals surface area contributed by atoms with Crippen molar-refractivity contribution in [1.82, 2.24) is 9.55 Å². The van der Waals surface area contributed by atoms with Gasteiger partial charge < -0.3 is 4.90 Å². The summed E-state index contributed by atoms with van der Waals surface area (Å²) in [5.74, 6) is 2.11. The molecule has 24 heavy (non-hydrogen) atoms. The second-order valence-corrected chi connectivity index (χ2v) is 6.54. The van der Waals surface area contributed by atoms with Crippen LogP contribution in [0.3, 0.4) is 0 Å². The molecule has 3 heteroatoms. The lowest BCUT2D eigenvalue weighted by atomic mass is 10.1. The van der Waals surface area contributed by atoms with Crippen LogP contribution in [0.5, 0.6) is 0 Å². The largest absolute Gasteiger partial charge is 0.355 e. The Morgan fingerprint density at radius 2 is 1.54 bits per heavy atom. The minimum atomic E-state index is 1.01. The number of hydrogen-bond acceptors (Lipinski definition) is 2. The van der Waals surface area contributed by atoms with Crippen LogP contribution in [0.4, 0.5) is 5.82 Å². The second kappa shape index (κ2) is 6.52. The van der Waals surface area contributed by atoms with E-state index in [1.807, 2.05) is 6.07 Å². The number of benzene rings is 2. The third-order valence-electron chi connectivity index (χ3n) is 4.72. The van der Waals surface area contributed by atoms with Gasteiger partial charge in [-0.05, 0) is 38.3 Å². The molecule has 1 aliphatic rings. The first-order valence-electron chi connectivity index (χ1n) is 8.78. The Hall–Kier alpha value is -2.55. The van der Waals surface area contributed by atoms with Gasteiger partial charge in [-0.15, -0.1) is 0 Å². The lowest BCUT2D eigenvalue weighted by molar-refractivity contribution is 0.574. The molecule has 0 N–H and O–H groups in total. The van der Waals surface area contributed by atoms with Crippen LogP contribution in [0.1, 0.15) is 24.8 Å². The molecule has 3 aromatic rings. The molecule has 0 atom stereocenters. The van der Waals surface area contributed by atoms with Crippen molar-refractivity contribution >= 4 is 5.82 Å². The molecular formula is C21H23N3. The molecule has 0 amide bonds. The molecule has 1 aromatic heterocycles. The summed E-state index contributed by atoms with van der Waals surface area (Å²) >= 11 is 0. The topological polar surface area (TPSA) is 21.1 Å². The van der Waals surface area contributed by atoms with Crippen LogP contribution >= 0.6 is 0 Å². The number of piperidine rings is 1. The third-order valence-corrected chi connectivity index (χ3v) is 4.72. The third kappa shape index (κ3) is 2.94. The zero-order chi connectivity index (χ0) is 16.4. The molecule has 0 bridgehead atoms. The lowest BCUT2D eigenvalue weighted by Gasteiger charge is -2.26. The van der Waals surface area contributed by atoms with E-state index in [-0.39, 0.29) is 0 Å². The number of hydrogen-bond donors (Lipinski definition) is 0. The summed E-state index contributed by atoms with van der Waals surface area (Å²) in [5, 5.41) is 0. The predicted octanol–water partition coefficient (Wildman–Crippen LogP) is 4.84. The van der Waals surface area contributed by atoms with Gasteiger partial charge in [-0.2, -0.15) is 0 Å². The maximum absolute atomic E-state index is 4.99. The van der Waals surface area contributed by atoms with Crippen LogP contribution in [0.2, 0.25) is 0 Å². The van der Waals surface area contributed by atoms with Crippen LogP contribution in [-0.4, -0.2) is 22.6 Å². The molecule has 0 unspecified atom stereocenters. The summed E-state index contributed by atoms with van der Waals surface area (Å²) in [5.41, 5.74) is 3.59. The molecule has 122 valence electrons. The predicted molar refractivity (Wildman–Crippen MR) is 99.8 cm³/mol. The smallest absolute Gasteiger partial charge is 0.147 e. The summed E-state index contributed by atoms with van der Waals surface area (Å²) in [7, 11) is 0. The van der Waals surface area contributed by atoms with Crippen molar-refractivity contribution in [2.24, 2.45) is 0 Å². The SMILES string of the molecule is Cc1ccc(-n2cc(N3CCCCC3)nc2-c2ccccc2)cc1. The molecule has 1 saturated heterocycles. The summed E-state index contributed by atoms with van der Waals surface area (Å²) in [6, 6.07) is 19.1. The van der Waals surface area contributed by atoms with Gasteiger partial charge in [0.15, 0.2) is 0 Å². The zero-order valence-corrected chi connectivity index (χ0v) is 14.2. The Morgan fingerprint density at radius 1 is 0.833 bits per heavy atom. The van der Waals surface area contributed by atoms with Gasteiger partial charge in [0.2, 0.25) is 0 Å². The van der Waals surface area contributed by atoms with E-state index in [0.29, 0.717) is 0 Å². The van der Waals surface area contributed by atoms with Crippen molar-refractivity contribution in [3.63, 3.8) is 0 Å². The first kappa shape index (κ1) is 15.0. The van der Waals surface area contributed by atoms with E-state index in [1.54, 1.807) is 0 Å². The summed E-state index contributed by atoms with van der Waals surface area (Å²) in [6.07, 6.45) is 6.05. The second-order valence-electron chi connectivity index (χ2n) is 6.54. The van der Waals surface area contributed by atoms with Crippen molar-refractivity contribution in [2.45, 2.75) is 26.2 Å². The van der Waals surface area contributed by atoms with Gasteiger partial charge in [0, 0.05) is 24.3 Å². The van der Waals surface area contributed by atoms with Gasteiger partial charge >= 0.3 is 0 Å². The van der Waals surface area contributed by atoms with Crippen LogP contribution in [0, 0.1) is 6.92 Å². The quantitative estimate of drug-likeness (QED) is 0.689. The van der Waals surface area contributed by atoms with Crippen molar-refractivity contribution in [3.05, 3.63) is 66.4 Å².